The number of pyridine rings is 1. The summed E-state index contributed by atoms with van der Waals surface area (Å²) in [6.07, 6.45) is -0.574. The number of halogens is 3. The van der Waals surface area contributed by atoms with Crippen LogP contribution in [-0.2, 0) is 38.4 Å². The molecule has 2 aromatic heterocycles. The van der Waals surface area contributed by atoms with Crippen molar-refractivity contribution in [2.24, 2.45) is 0 Å². The largest absolute Gasteiger partial charge is 0.490 e. The first kappa shape index (κ1) is 22.2. The van der Waals surface area contributed by atoms with E-state index in [4.69, 9.17) is 4.74 Å². The van der Waals surface area contributed by atoms with E-state index in [1.807, 2.05) is 0 Å². The molecule has 0 saturated heterocycles. The van der Waals surface area contributed by atoms with E-state index in [0.717, 1.165) is 16.7 Å². The van der Waals surface area contributed by atoms with Gasteiger partial charge in [-0.1, -0.05) is 0 Å². The highest BCUT2D eigenvalue weighted by Crippen LogP contribution is 2.34. The zero-order valence-electron chi connectivity index (χ0n) is 16.5. The molecule has 0 radical (unpaired) electrons. The van der Waals surface area contributed by atoms with E-state index in [1.165, 1.54) is 4.68 Å². The molecule has 0 fully saturated rings. The Balaban J connectivity index is 1.71. The summed E-state index contributed by atoms with van der Waals surface area (Å²) in [4.78, 5) is 39.0. The van der Waals surface area contributed by atoms with Gasteiger partial charge in [-0.2, -0.15) is 18.3 Å². The van der Waals surface area contributed by atoms with Gasteiger partial charge >= 0.3 is 18.1 Å². The van der Waals surface area contributed by atoms with Crippen LogP contribution in [0.3, 0.4) is 0 Å². The predicted octanol–water partition coefficient (Wildman–Crippen LogP) is 1.44. The Labute approximate surface area is 174 Å². The topological polar surface area (TPSA) is 112 Å². The molecule has 0 atom stereocenters. The summed E-state index contributed by atoms with van der Waals surface area (Å²) in [6, 6.07) is 1.80. The highest BCUT2D eigenvalue weighted by molar-refractivity contribution is 5.92. The van der Waals surface area contributed by atoms with E-state index in [2.05, 4.69) is 20.1 Å². The van der Waals surface area contributed by atoms with Gasteiger partial charge in [-0.05, 0) is 31.4 Å². The van der Waals surface area contributed by atoms with Crippen LogP contribution in [0.25, 0.3) is 11.3 Å². The summed E-state index contributed by atoms with van der Waals surface area (Å²) in [5, 5.41) is 6.83. The number of aromatic nitrogens is 3. The fraction of sp³-hybridized carbons (Fsp3) is 0.421. The molecule has 1 aliphatic carbocycles. The Bertz CT molecular complexity index is 1000. The van der Waals surface area contributed by atoms with Crippen LogP contribution < -0.4 is 5.32 Å². The minimum Gasteiger partial charge on any atom is -0.461 e. The quantitative estimate of drug-likeness (QED) is 0.649. The molecule has 0 unspecified atom stereocenters. The highest BCUT2D eigenvalue weighted by atomic mass is 19.4. The van der Waals surface area contributed by atoms with Gasteiger partial charge in [0.2, 0.25) is 0 Å². The lowest BCUT2D eigenvalue weighted by atomic mass is 9.90. The monoisotopic (exact) mass is 440 g/mol. The summed E-state index contributed by atoms with van der Waals surface area (Å²) < 4.78 is 46.8. The van der Waals surface area contributed by atoms with Crippen LogP contribution in [0.1, 0.15) is 28.5 Å². The molecule has 0 bridgehead atoms. The van der Waals surface area contributed by atoms with Crippen LogP contribution in [0.15, 0.2) is 18.5 Å². The van der Waals surface area contributed by atoms with E-state index in [-0.39, 0.29) is 25.4 Å². The molecule has 1 N–H and O–H groups in total. The van der Waals surface area contributed by atoms with Gasteiger partial charge in [0.1, 0.15) is 5.69 Å². The van der Waals surface area contributed by atoms with Crippen molar-refractivity contribution in [2.75, 3.05) is 19.8 Å². The van der Waals surface area contributed by atoms with Crippen molar-refractivity contribution in [1.82, 2.24) is 20.1 Å². The van der Waals surface area contributed by atoms with Crippen LogP contribution in [0, 0.1) is 0 Å². The number of ether oxygens (including phenoxy) is 2. The van der Waals surface area contributed by atoms with Crippen LogP contribution in [-0.4, -0.2) is 58.5 Å². The average Bonchev–Trinajstić information content (AvgIpc) is 3.10. The number of hydrogen-bond acceptors (Lipinski definition) is 7. The number of hydrogen-bond donors (Lipinski definition) is 1. The maximum atomic E-state index is 12.5. The van der Waals surface area contributed by atoms with Gasteiger partial charge in [0.05, 0.1) is 18.8 Å². The molecule has 0 spiro atoms. The van der Waals surface area contributed by atoms with E-state index in [9.17, 15) is 27.6 Å². The van der Waals surface area contributed by atoms with Crippen molar-refractivity contribution in [1.29, 1.82) is 0 Å². The normalized spacial score (nSPS) is 12.5. The van der Waals surface area contributed by atoms with E-state index in [1.54, 1.807) is 25.4 Å². The Morgan fingerprint density at radius 3 is 2.71 bits per heavy atom. The van der Waals surface area contributed by atoms with Gasteiger partial charge in [0.25, 0.3) is 5.91 Å². The predicted molar refractivity (Wildman–Crippen MR) is 98.8 cm³/mol. The number of fused-ring (bicyclic) bond motifs is 3. The van der Waals surface area contributed by atoms with Crippen molar-refractivity contribution in [2.45, 2.75) is 32.5 Å². The van der Waals surface area contributed by atoms with Gasteiger partial charge in [-0.3, -0.25) is 14.5 Å². The molecule has 31 heavy (non-hydrogen) atoms. The number of carbonyl (C=O) groups is 3. The first-order valence-corrected chi connectivity index (χ1v) is 9.43. The number of alkyl halides is 3. The molecule has 2 heterocycles. The van der Waals surface area contributed by atoms with E-state index < -0.39 is 30.6 Å². The third-order valence-electron chi connectivity index (χ3n) is 4.53. The van der Waals surface area contributed by atoms with Gasteiger partial charge in [-0.15, -0.1) is 0 Å². The average molecular weight is 440 g/mol. The van der Waals surface area contributed by atoms with Crippen LogP contribution in [0.4, 0.5) is 13.2 Å². The first-order valence-electron chi connectivity index (χ1n) is 9.43. The highest BCUT2D eigenvalue weighted by Gasteiger charge is 2.41. The standard InChI is InChI=1S/C19H19F3N4O5/c1-2-30-17(28)16-13-4-3-11-9-23-6-5-12(11)15(13)25-26(16)8-7-24-14(27)10-31-18(29)19(20,21)22/h5-6,9H,2-4,7-8,10H2,1H3,(H,24,27). The molecule has 9 nitrogen and oxygen atoms in total. The maximum absolute atomic E-state index is 12.5. The van der Waals surface area contributed by atoms with Crippen molar-refractivity contribution >= 4 is 17.8 Å². The van der Waals surface area contributed by atoms with Crippen molar-refractivity contribution in [3.8, 4) is 11.3 Å². The van der Waals surface area contributed by atoms with Gasteiger partial charge in [0.15, 0.2) is 6.61 Å². The van der Waals surface area contributed by atoms with Gasteiger partial charge in [-0.25, -0.2) is 9.59 Å². The molecule has 0 saturated carbocycles. The number of rotatable bonds is 7. The summed E-state index contributed by atoms with van der Waals surface area (Å²) in [7, 11) is 0. The molecule has 3 rings (SSSR count). The number of aryl methyl sites for hydroxylation is 1. The number of carbonyl (C=O) groups excluding carboxylic acids is 3. The molecule has 0 aliphatic heterocycles. The second-order valence-corrected chi connectivity index (χ2v) is 6.58. The summed E-state index contributed by atoms with van der Waals surface area (Å²) in [5.74, 6) is -3.91. The second-order valence-electron chi connectivity index (χ2n) is 6.58. The van der Waals surface area contributed by atoms with Crippen LogP contribution in [0.5, 0.6) is 0 Å². The summed E-state index contributed by atoms with van der Waals surface area (Å²) in [5.41, 5.74) is 3.45. The zero-order chi connectivity index (χ0) is 22.6. The van der Waals surface area contributed by atoms with Crippen LogP contribution in [0.2, 0.25) is 0 Å². The molecule has 2 aromatic rings. The lowest BCUT2D eigenvalue weighted by molar-refractivity contribution is -0.200. The Hall–Kier alpha value is -3.44. The summed E-state index contributed by atoms with van der Waals surface area (Å²) >= 11 is 0. The van der Waals surface area contributed by atoms with Crippen molar-refractivity contribution in [3.05, 3.63) is 35.3 Å². The zero-order valence-corrected chi connectivity index (χ0v) is 16.5. The third-order valence-corrected chi connectivity index (χ3v) is 4.53. The maximum Gasteiger partial charge on any atom is 0.490 e. The number of esters is 2. The third kappa shape index (κ3) is 5.01. The van der Waals surface area contributed by atoms with E-state index in [0.29, 0.717) is 18.5 Å². The second kappa shape index (κ2) is 9.14. The number of nitrogens with one attached hydrogen (secondary N) is 1. The first-order chi connectivity index (χ1) is 14.7. The fourth-order valence-corrected chi connectivity index (χ4v) is 3.22. The molecule has 166 valence electrons. The lowest BCUT2D eigenvalue weighted by Crippen LogP contribution is -2.34. The Morgan fingerprint density at radius 2 is 2.00 bits per heavy atom. The SMILES string of the molecule is CCOC(=O)c1c2c(nn1CCNC(=O)COC(=O)C(F)(F)F)-c1ccncc1CC2. The molecular weight excluding hydrogens is 421 g/mol. The van der Waals surface area contributed by atoms with Gasteiger partial charge < -0.3 is 14.8 Å². The Kier molecular flexibility index (Phi) is 6.56. The number of nitrogens with zero attached hydrogens (tertiary/aromatic N) is 3. The van der Waals surface area contributed by atoms with Crippen molar-refractivity contribution < 1.29 is 37.0 Å². The smallest absolute Gasteiger partial charge is 0.461 e. The summed E-state index contributed by atoms with van der Waals surface area (Å²) in [6.45, 7) is 0.771. The molecule has 12 heteroatoms. The molecule has 1 aliphatic rings. The molecular formula is C19H19F3N4O5. The van der Waals surface area contributed by atoms with Gasteiger partial charge in [0, 0.05) is 30.1 Å². The van der Waals surface area contributed by atoms with E-state index >= 15 is 0 Å². The molecule has 0 aromatic carbocycles. The fourth-order valence-electron chi connectivity index (χ4n) is 3.22. The molecule has 1 amide bonds. The van der Waals surface area contributed by atoms with Crippen molar-refractivity contribution in [3.63, 3.8) is 0 Å². The Morgan fingerprint density at radius 1 is 1.23 bits per heavy atom. The van der Waals surface area contributed by atoms with Crippen LogP contribution >= 0.6 is 0 Å². The minimum absolute atomic E-state index is 0.0561. The minimum atomic E-state index is -5.17. The lowest BCUT2D eigenvalue weighted by Gasteiger charge is -2.15. The number of amides is 1.